The van der Waals surface area contributed by atoms with E-state index >= 15 is 0 Å². The van der Waals surface area contributed by atoms with Gasteiger partial charge in [0.25, 0.3) is 11.1 Å². The Balaban J connectivity index is 1.55. The molecule has 0 fully saturated rings. The van der Waals surface area contributed by atoms with Crippen molar-refractivity contribution >= 4 is 46.6 Å². The lowest BCUT2D eigenvalue weighted by Crippen LogP contribution is -2.14. The minimum absolute atomic E-state index is 0.0952. The number of para-hydroxylation sites is 2. The van der Waals surface area contributed by atoms with E-state index in [2.05, 4.69) is 15.5 Å². The van der Waals surface area contributed by atoms with Crippen LogP contribution in [0.2, 0.25) is 10.0 Å². The first-order valence-electron chi connectivity index (χ1n) is 8.47. The Morgan fingerprint density at radius 1 is 1.21 bits per heavy atom. The molecular weight excluding hydrogens is 437 g/mol. The van der Waals surface area contributed by atoms with Crippen LogP contribution >= 0.6 is 35.0 Å². The maximum Gasteiger partial charge on any atom is 0.277 e. The van der Waals surface area contributed by atoms with Crippen molar-refractivity contribution in [2.75, 3.05) is 18.2 Å². The molecule has 2 aromatic carbocycles. The highest BCUT2D eigenvalue weighted by Gasteiger charge is 2.18. The fourth-order valence-corrected chi connectivity index (χ4v) is 3.34. The number of anilines is 1. The number of amides is 1. The van der Waals surface area contributed by atoms with Crippen LogP contribution in [0.1, 0.15) is 18.9 Å². The van der Waals surface area contributed by atoms with Crippen LogP contribution in [0.5, 0.6) is 11.5 Å². The molecule has 0 unspecified atom stereocenters. The lowest BCUT2D eigenvalue weighted by Gasteiger charge is -2.12. The summed E-state index contributed by atoms with van der Waals surface area (Å²) < 4.78 is 16.5. The van der Waals surface area contributed by atoms with Crippen LogP contribution in [0.25, 0.3) is 0 Å². The third kappa shape index (κ3) is 5.79. The van der Waals surface area contributed by atoms with Crippen LogP contribution in [0.15, 0.2) is 52.1 Å². The summed E-state index contributed by atoms with van der Waals surface area (Å²) in [5.74, 6) is 1.17. The van der Waals surface area contributed by atoms with E-state index in [1.165, 1.54) is 0 Å². The lowest BCUT2D eigenvalue weighted by atomic mass is 10.3. The Morgan fingerprint density at radius 2 is 2.00 bits per heavy atom. The van der Waals surface area contributed by atoms with Crippen LogP contribution in [0.3, 0.4) is 0 Å². The summed E-state index contributed by atoms with van der Waals surface area (Å²) in [6, 6.07) is 12.1. The second kappa shape index (κ2) is 9.87. The molecule has 1 heterocycles. The lowest BCUT2D eigenvalue weighted by molar-refractivity contribution is -0.113. The first kappa shape index (κ1) is 21.3. The summed E-state index contributed by atoms with van der Waals surface area (Å²) in [5, 5.41) is 11.8. The Labute approximate surface area is 181 Å². The van der Waals surface area contributed by atoms with E-state index in [-0.39, 0.29) is 22.8 Å². The van der Waals surface area contributed by atoms with Gasteiger partial charge in [-0.25, -0.2) is 0 Å². The molecule has 0 radical (unpaired) electrons. The standard InChI is InChI=1S/C19H17Cl2N3O4S/c1-11(27-15-8-7-12(20)9-13(15)21)18-23-24-19(28-18)29-10-17(25)22-14-5-3-4-6-16(14)26-2/h3-9,11H,10H2,1-2H3,(H,22,25)/t11-/m1/s1. The smallest absolute Gasteiger partial charge is 0.277 e. The van der Waals surface area contributed by atoms with E-state index < -0.39 is 6.10 Å². The SMILES string of the molecule is COc1ccccc1NC(=O)CSc1nnc([C@@H](C)Oc2ccc(Cl)cc2Cl)o1. The number of carbonyl (C=O) groups excluding carboxylic acids is 1. The van der Waals surface area contributed by atoms with Crippen LogP contribution in [0.4, 0.5) is 5.69 Å². The van der Waals surface area contributed by atoms with Gasteiger partial charge in [-0.2, -0.15) is 0 Å². The Hall–Kier alpha value is -2.42. The monoisotopic (exact) mass is 453 g/mol. The number of nitrogens with zero attached hydrogens (tertiary/aromatic N) is 2. The molecule has 0 aliphatic rings. The zero-order valence-corrected chi connectivity index (χ0v) is 17.8. The molecule has 7 nitrogen and oxygen atoms in total. The summed E-state index contributed by atoms with van der Waals surface area (Å²) in [6.45, 7) is 1.75. The van der Waals surface area contributed by atoms with Crippen LogP contribution < -0.4 is 14.8 Å². The highest BCUT2D eigenvalue weighted by Crippen LogP contribution is 2.31. The van der Waals surface area contributed by atoms with E-state index in [9.17, 15) is 4.79 Å². The van der Waals surface area contributed by atoms with Crippen molar-refractivity contribution < 1.29 is 18.7 Å². The number of carbonyl (C=O) groups is 1. The van der Waals surface area contributed by atoms with E-state index in [1.54, 1.807) is 44.4 Å². The number of rotatable bonds is 8. The van der Waals surface area contributed by atoms with Crippen molar-refractivity contribution in [3.8, 4) is 11.5 Å². The average Bonchev–Trinajstić information content (AvgIpc) is 3.18. The number of methoxy groups -OCH3 is 1. The molecule has 1 aromatic heterocycles. The van der Waals surface area contributed by atoms with Crippen molar-refractivity contribution in [1.29, 1.82) is 0 Å². The molecule has 10 heteroatoms. The fraction of sp³-hybridized carbons (Fsp3) is 0.211. The summed E-state index contributed by atoms with van der Waals surface area (Å²) in [7, 11) is 1.54. The number of nitrogens with one attached hydrogen (secondary N) is 1. The number of hydrogen-bond acceptors (Lipinski definition) is 7. The Morgan fingerprint density at radius 3 is 2.76 bits per heavy atom. The second-order valence-corrected chi connectivity index (χ2v) is 7.55. The third-order valence-corrected chi connectivity index (χ3v) is 5.02. The van der Waals surface area contributed by atoms with Gasteiger partial charge in [-0.05, 0) is 37.3 Å². The quantitative estimate of drug-likeness (QED) is 0.465. The minimum Gasteiger partial charge on any atom is -0.495 e. The molecule has 1 N–H and O–H groups in total. The van der Waals surface area contributed by atoms with Gasteiger partial charge >= 0.3 is 0 Å². The minimum atomic E-state index is -0.530. The summed E-state index contributed by atoms with van der Waals surface area (Å²) >= 11 is 13.1. The molecule has 0 aliphatic carbocycles. The summed E-state index contributed by atoms with van der Waals surface area (Å²) in [6.07, 6.45) is -0.530. The zero-order valence-electron chi connectivity index (χ0n) is 15.5. The number of aromatic nitrogens is 2. The number of halogens is 2. The van der Waals surface area contributed by atoms with Crippen LogP contribution in [-0.2, 0) is 4.79 Å². The summed E-state index contributed by atoms with van der Waals surface area (Å²) in [5.41, 5.74) is 0.591. The van der Waals surface area contributed by atoms with Crippen molar-refractivity contribution in [1.82, 2.24) is 10.2 Å². The van der Waals surface area contributed by atoms with Crippen LogP contribution in [0, 0.1) is 0 Å². The van der Waals surface area contributed by atoms with E-state index in [0.29, 0.717) is 27.2 Å². The van der Waals surface area contributed by atoms with E-state index in [4.69, 9.17) is 37.1 Å². The molecule has 3 rings (SSSR count). The molecule has 152 valence electrons. The Bertz CT molecular complexity index is 999. The Kier molecular flexibility index (Phi) is 7.24. The molecule has 1 atom stereocenters. The highest BCUT2D eigenvalue weighted by molar-refractivity contribution is 7.99. The van der Waals surface area contributed by atoms with Gasteiger partial charge in [0.15, 0.2) is 6.10 Å². The third-order valence-electron chi connectivity index (χ3n) is 3.68. The topological polar surface area (TPSA) is 86.5 Å². The van der Waals surface area contributed by atoms with Crippen molar-refractivity contribution in [3.63, 3.8) is 0 Å². The van der Waals surface area contributed by atoms with Gasteiger partial charge < -0.3 is 19.2 Å². The maximum absolute atomic E-state index is 12.2. The molecule has 1 amide bonds. The van der Waals surface area contributed by atoms with Gasteiger partial charge in [0.1, 0.15) is 11.5 Å². The highest BCUT2D eigenvalue weighted by atomic mass is 35.5. The maximum atomic E-state index is 12.2. The first-order valence-corrected chi connectivity index (χ1v) is 10.2. The predicted molar refractivity (Wildman–Crippen MR) is 112 cm³/mol. The average molecular weight is 454 g/mol. The molecule has 0 saturated heterocycles. The molecule has 0 spiro atoms. The van der Waals surface area contributed by atoms with Crippen molar-refractivity contribution in [2.24, 2.45) is 0 Å². The largest absolute Gasteiger partial charge is 0.495 e. The number of hydrogen-bond donors (Lipinski definition) is 1. The molecule has 3 aromatic rings. The fourth-order valence-electron chi connectivity index (χ4n) is 2.32. The number of ether oxygens (including phenoxy) is 2. The van der Waals surface area contributed by atoms with E-state index in [0.717, 1.165) is 11.8 Å². The van der Waals surface area contributed by atoms with Gasteiger partial charge in [-0.15, -0.1) is 10.2 Å². The first-order chi connectivity index (χ1) is 14.0. The normalized spacial score (nSPS) is 11.7. The van der Waals surface area contributed by atoms with Gasteiger partial charge in [0, 0.05) is 5.02 Å². The summed E-state index contributed by atoms with van der Waals surface area (Å²) in [4.78, 5) is 12.2. The molecule has 29 heavy (non-hydrogen) atoms. The van der Waals surface area contributed by atoms with Gasteiger partial charge in [-0.3, -0.25) is 4.79 Å². The van der Waals surface area contributed by atoms with Gasteiger partial charge in [0.2, 0.25) is 5.91 Å². The van der Waals surface area contributed by atoms with Crippen molar-refractivity contribution in [2.45, 2.75) is 18.3 Å². The van der Waals surface area contributed by atoms with Crippen LogP contribution in [-0.4, -0.2) is 29.0 Å². The molecule has 0 saturated carbocycles. The van der Waals surface area contributed by atoms with E-state index in [1.807, 2.05) is 12.1 Å². The second-order valence-electron chi connectivity index (χ2n) is 5.78. The van der Waals surface area contributed by atoms with Gasteiger partial charge in [0.05, 0.1) is 23.6 Å². The predicted octanol–water partition coefficient (Wildman–Crippen LogP) is 5.26. The number of benzene rings is 2. The molecule has 0 aliphatic heterocycles. The van der Waals surface area contributed by atoms with Gasteiger partial charge in [-0.1, -0.05) is 47.1 Å². The number of thioether (sulfide) groups is 1. The molecule has 0 bridgehead atoms. The zero-order chi connectivity index (χ0) is 20.8. The van der Waals surface area contributed by atoms with Crippen molar-refractivity contribution in [3.05, 3.63) is 58.4 Å². The molecular formula is C19H17Cl2N3O4S.